The summed E-state index contributed by atoms with van der Waals surface area (Å²) in [7, 11) is 0. The Bertz CT molecular complexity index is 374. The number of carbonyl (C=O) groups excluding carboxylic acids is 1. The quantitative estimate of drug-likeness (QED) is 0.560. The van der Waals surface area contributed by atoms with Crippen molar-refractivity contribution in [3.05, 3.63) is 11.6 Å². The largest absolute Gasteiger partial charge is 0.465 e. The molecule has 0 amide bonds. The predicted molar refractivity (Wildman–Crippen MR) is 70.1 cm³/mol. The Hall–Kier alpha value is -0.830. The van der Waals surface area contributed by atoms with Gasteiger partial charge in [0.15, 0.2) is 0 Å². The van der Waals surface area contributed by atoms with Crippen molar-refractivity contribution in [1.29, 1.82) is 0 Å². The summed E-state index contributed by atoms with van der Waals surface area (Å²) in [4.78, 5) is 11.1. The van der Waals surface area contributed by atoms with Crippen LogP contribution in [0.25, 0.3) is 0 Å². The second-order valence-electron chi connectivity index (χ2n) is 6.04. The number of hydrogen-bond acceptors (Lipinski definition) is 3. The summed E-state index contributed by atoms with van der Waals surface area (Å²) in [6, 6.07) is 0. The van der Waals surface area contributed by atoms with E-state index in [1.807, 2.05) is 0 Å². The molecule has 2 bridgehead atoms. The molecule has 102 valence electrons. The summed E-state index contributed by atoms with van der Waals surface area (Å²) in [6.07, 6.45) is 2.60. The van der Waals surface area contributed by atoms with Crippen LogP contribution in [0.5, 0.6) is 0 Å². The Balaban J connectivity index is 2.31. The van der Waals surface area contributed by atoms with Crippen molar-refractivity contribution in [3.63, 3.8) is 0 Å². The molecule has 0 aromatic rings. The maximum Gasteiger partial charge on any atom is 0.302 e. The van der Waals surface area contributed by atoms with E-state index >= 15 is 0 Å². The molecule has 1 aliphatic heterocycles. The molecule has 18 heavy (non-hydrogen) atoms. The van der Waals surface area contributed by atoms with Crippen molar-refractivity contribution in [2.75, 3.05) is 13.2 Å². The van der Waals surface area contributed by atoms with Crippen molar-refractivity contribution in [3.8, 4) is 0 Å². The van der Waals surface area contributed by atoms with Gasteiger partial charge in [-0.2, -0.15) is 0 Å². The summed E-state index contributed by atoms with van der Waals surface area (Å²) in [6.45, 7) is 11.4. The standard InChI is InChI=1S/C15H24O3/c1-9-6-10(2)15(8-18-13(5)16)7-17-12(4)14(9)11(15)3/h6,10-12,14H,7-8H2,1-5H3/t10-,11+,12+,14-,15+/m1/s1. The molecular formula is C15H24O3. The minimum atomic E-state index is -0.203. The van der Waals surface area contributed by atoms with E-state index in [9.17, 15) is 4.79 Å². The molecule has 0 N–H and O–H groups in total. The first-order valence-corrected chi connectivity index (χ1v) is 6.82. The molecule has 0 unspecified atom stereocenters. The van der Waals surface area contributed by atoms with Crippen LogP contribution in [0, 0.1) is 23.2 Å². The van der Waals surface area contributed by atoms with E-state index in [4.69, 9.17) is 9.47 Å². The highest BCUT2D eigenvalue weighted by Gasteiger charge is 2.53. The molecule has 3 nitrogen and oxygen atoms in total. The van der Waals surface area contributed by atoms with E-state index in [0.717, 1.165) is 0 Å². The number of allylic oxidation sites excluding steroid dienone is 1. The first kappa shape index (κ1) is 13.6. The van der Waals surface area contributed by atoms with Gasteiger partial charge in [0, 0.05) is 18.3 Å². The average Bonchev–Trinajstić information content (AvgIpc) is 2.26. The van der Waals surface area contributed by atoms with Crippen LogP contribution >= 0.6 is 0 Å². The Morgan fingerprint density at radius 1 is 1.50 bits per heavy atom. The highest BCUT2D eigenvalue weighted by Crippen LogP contribution is 2.52. The Labute approximate surface area is 110 Å². The van der Waals surface area contributed by atoms with E-state index in [1.165, 1.54) is 12.5 Å². The summed E-state index contributed by atoms with van der Waals surface area (Å²) in [5.41, 5.74) is 1.36. The fourth-order valence-corrected chi connectivity index (χ4v) is 3.81. The molecule has 1 fully saturated rings. The highest BCUT2D eigenvalue weighted by atomic mass is 16.5. The van der Waals surface area contributed by atoms with Gasteiger partial charge in [-0.15, -0.1) is 0 Å². The van der Waals surface area contributed by atoms with Gasteiger partial charge in [-0.25, -0.2) is 0 Å². The molecule has 3 heteroatoms. The summed E-state index contributed by atoms with van der Waals surface area (Å²) in [5, 5.41) is 0. The van der Waals surface area contributed by atoms with Gasteiger partial charge in [-0.05, 0) is 25.7 Å². The lowest BCUT2D eigenvalue weighted by Gasteiger charge is -2.54. The molecule has 2 aliphatic rings. The molecule has 0 saturated carbocycles. The second kappa shape index (κ2) is 4.69. The van der Waals surface area contributed by atoms with Crippen LogP contribution in [0.1, 0.15) is 34.6 Å². The molecule has 1 aliphatic carbocycles. The number of ether oxygens (including phenoxy) is 2. The number of fused-ring (bicyclic) bond motifs is 2. The van der Waals surface area contributed by atoms with E-state index in [2.05, 4.69) is 33.8 Å². The van der Waals surface area contributed by atoms with Crippen molar-refractivity contribution < 1.29 is 14.3 Å². The SMILES string of the molecule is CC(=O)OC[C@@]12CO[C@@H](C)[C@H](C(C)=C[C@H]1C)[C@@H]2C. The molecule has 1 saturated heterocycles. The van der Waals surface area contributed by atoms with Crippen molar-refractivity contribution in [2.24, 2.45) is 23.2 Å². The van der Waals surface area contributed by atoms with Crippen molar-refractivity contribution in [2.45, 2.75) is 40.7 Å². The third kappa shape index (κ3) is 1.99. The zero-order chi connectivity index (χ0) is 13.5. The minimum absolute atomic E-state index is 0.0532. The van der Waals surface area contributed by atoms with Crippen LogP contribution in [-0.2, 0) is 14.3 Å². The van der Waals surface area contributed by atoms with Crippen LogP contribution in [0.3, 0.4) is 0 Å². The van der Waals surface area contributed by atoms with E-state index < -0.39 is 0 Å². The molecule has 1 heterocycles. The average molecular weight is 252 g/mol. The van der Waals surface area contributed by atoms with Gasteiger partial charge in [-0.3, -0.25) is 4.79 Å². The lowest BCUT2D eigenvalue weighted by molar-refractivity contribution is -0.175. The monoisotopic (exact) mass is 252 g/mol. The predicted octanol–water partition coefficient (Wildman–Crippen LogP) is 2.80. The molecule has 0 aromatic carbocycles. The number of carbonyl (C=O) groups is 1. The Kier molecular flexibility index (Phi) is 3.54. The fourth-order valence-electron chi connectivity index (χ4n) is 3.81. The summed E-state index contributed by atoms with van der Waals surface area (Å²) in [5.74, 6) is 1.12. The lowest BCUT2D eigenvalue weighted by Crippen LogP contribution is -2.56. The molecule has 0 aromatic heterocycles. The van der Waals surface area contributed by atoms with Gasteiger partial charge < -0.3 is 9.47 Å². The molecular weight excluding hydrogens is 228 g/mol. The van der Waals surface area contributed by atoms with Gasteiger partial charge in [-0.1, -0.05) is 25.5 Å². The number of esters is 1. The summed E-state index contributed by atoms with van der Waals surface area (Å²) < 4.78 is 11.3. The Morgan fingerprint density at radius 3 is 2.78 bits per heavy atom. The van der Waals surface area contributed by atoms with Gasteiger partial charge in [0.05, 0.1) is 19.3 Å². The smallest absolute Gasteiger partial charge is 0.302 e. The zero-order valence-electron chi connectivity index (χ0n) is 12.0. The topological polar surface area (TPSA) is 35.5 Å². The van der Waals surface area contributed by atoms with Crippen LogP contribution in [0.2, 0.25) is 0 Å². The summed E-state index contributed by atoms with van der Waals surface area (Å²) >= 11 is 0. The highest BCUT2D eigenvalue weighted by molar-refractivity contribution is 5.65. The van der Waals surface area contributed by atoms with Gasteiger partial charge in [0.1, 0.15) is 0 Å². The first-order chi connectivity index (χ1) is 8.38. The second-order valence-corrected chi connectivity index (χ2v) is 6.04. The third-order valence-electron chi connectivity index (χ3n) is 5.06. The van der Waals surface area contributed by atoms with Crippen molar-refractivity contribution in [1.82, 2.24) is 0 Å². The molecule has 5 atom stereocenters. The number of rotatable bonds is 2. The Morgan fingerprint density at radius 2 is 2.17 bits per heavy atom. The van der Waals surface area contributed by atoms with Crippen LogP contribution in [-0.4, -0.2) is 25.3 Å². The molecule has 0 spiro atoms. The van der Waals surface area contributed by atoms with Crippen LogP contribution < -0.4 is 0 Å². The third-order valence-corrected chi connectivity index (χ3v) is 5.06. The fraction of sp³-hybridized carbons (Fsp3) is 0.800. The van der Waals surface area contributed by atoms with Crippen LogP contribution in [0.15, 0.2) is 11.6 Å². The van der Waals surface area contributed by atoms with Gasteiger partial charge in [0.25, 0.3) is 0 Å². The van der Waals surface area contributed by atoms with Gasteiger partial charge in [0.2, 0.25) is 0 Å². The maximum atomic E-state index is 11.1. The van der Waals surface area contributed by atoms with Crippen LogP contribution in [0.4, 0.5) is 0 Å². The normalized spacial score (nSPS) is 43.3. The van der Waals surface area contributed by atoms with E-state index in [-0.39, 0.29) is 17.5 Å². The van der Waals surface area contributed by atoms with Crippen molar-refractivity contribution >= 4 is 5.97 Å². The van der Waals surface area contributed by atoms with E-state index in [1.54, 1.807) is 0 Å². The zero-order valence-corrected chi connectivity index (χ0v) is 12.0. The number of hydrogen-bond donors (Lipinski definition) is 0. The maximum absolute atomic E-state index is 11.1. The lowest BCUT2D eigenvalue weighted by atomic mass is 9.56. The molecule has 2 rings (SSSR count). The first-order valence-electron chi connectivity index (χ1n) is 6.82. The van der Waals surface area contributed by atoms with Gasteiger partial charge >= 0.3 is 5.97 Å². The van der Waals surface area contributed by atoms with E-state index in [0.29, 0.717) is 31.0 Å². The minimum Gasteiger partial charge on any atom is -0.465 e. The molecule has 0 radical (unpaired) electrons.